The number of aliphatic imine (C=N–C) groups is 1. The number of benzene rings is 3. The number of nitrogens with two attached hydrogens (primary N) is 1. The largest absolute Gasteiger partial charge is 0.400 e. The van der Waals surface area contributed by atoms with Crippen LogP contribution in [0.4, 0.5) is 17.1 Å². The number of nitrogens with one attached hydrogen (secondary N) is 2. The Kier molecular flexibility index (Phi) is 7.26. The maximum atomic E-state index is 13.2. The van der Waals surface area contributed by atoms with E-state index in [0.29, 0.717) is 32.2 Å². The fourth-order valence-corrected chi connectivity index (χ4v) is 4.66. The number of hydrogen-bond donors (Lipinski definition) is 3. The number of carbonyl (C=O) groups excluding carboxylic acids is 2. The molecule has 0 spiro atoms. The van der Waals surface area contributed by atoms with Crippen LogP contribution in [0.5, 0.6) is 0 Å². The van der Waals surface area contributed by atoms with Crippen LogP contribution in [0.2, 0.25) is 10.0 Å². The van der Waals surface area contributed by atoms with Gasteiger partial charge in [-0.1, -0.05) is 58.7 Å². The van der Waals surface area contributed by atoms with Crippen molar-refractivity contribution in [2.24, 2.45) is 10.7 Å². The molecule has 3 aromatic rings. The highest BCUT2D eigenvalue weighted by molar-refractivity contribution is 8.16. The van der Waals surface area contributed by atoms with Crippen LogP contribution in [0.15, 0.2) is 89.1 Å². The van der Waals surface area contributed by atoms with Crippen molar-refractivity contribution in [3.8, 4) is 0 Å². The van der Waals surface area contributed by atoms with Crippen LogP contribution in [0.3, 0.4) is 0 Å². The molecule has 34 heavy (non-hydrogen) atoms. The predicted octanol–water partition coefficient (Wildman–Crippen LogP) is 5.94. The molecule has 1 unspecified atom stereocenters. The Morgan fingerprint density at radius 2 is 1.56 bits per heavy atom. The van der Waals surface area contributed by atoms with Gasteiger partial charge in [-0.05, 0) is 61.5 Å². The van der Waals surface area contributed by atoms with Crippen molar-refractivity contribution in [1.29, 1.82) is 0 Å². The van der Waals surface area contributed by atoms with Crippen LogP contribution in [0, 0.1) is 6.92 Å². The summed E-state index contributed by atoms with van der Waals surface area (Å²) < 4.78 is 0. The van der Waals surface area contributed by atoms with E-state index in [2.05, 4.69) is 15.6 Å². The van der Waals surface area contributed by atoms with Crippen molar-refractivity contribution in [3.05, 3.63) is 99.7 Å². The van der Waals surface area contributed by atoms with Crippen LogP contribution in [-0.2, 0) is 9.59 Å². The lowest BCUT2D eigenvalue weighted by molar-refractivity contribution is -0.115. The Balaban J connectivity index is 1.66. The van der Waals surface area contributed by atoms with E-state index in [1.54, 1.807) is 48.5 Å². The highest BCUT2D eigenvalue weighted by Crippen LogP contribution is 2.36. The molecule has 0 radical (unpaired) electrons. The summed E-state index contributed by atoms with van der Waals surface area (Å²) in [5, 5.41) is 6.20. The van der Waals surface area contributed by atoms with Crippen molar-refractivity contribution < 1.29 is 9.59 Å². The van der Waals surface area contributed by atoms with E-state index in [9.17, 15) is 9.59 Å². The molecule has 1 atom stereocenters. The first-order valence-electron chi connectivity index (χ1n) is 10.3. The molecule has 1 aliphatic rings. The van der Waals surface area contributed by atoms with Gasteiger partial charge in [0.25, 0.3) is 5.91 Å². The Labute approximate surface area is 211 Å². The SMILES string of the molecule is Cc1ccc(NC(=O)C2SC(=Nc3cccc(Cl)c3)C(C(=O)Nc3ccc(Cl)cc3)=C2N)cc1. The average molecular weight is 511 g/mol. The summed E-state index contributed by atoms with van der Waals surface area (Å²) >= 11 is 13.1. The molecule has 9 heteroatoms. The Bertz CT molecular complexity index is 1310. The summed E-state index contributed by atoms with van der Waals surface area (Å²) in [6, 6.07) is 21.0. The van der Waals surface area contributed by atoms with Gasteiger partial charge in [0.15, 0.2) is 0 Å². The normalized spacial score (nSPS) is 16.6. The van der Waals surface area contributed by atoms with E-state index in [-0.39, 0.29) is 17.2 Å². The van der Waals surface area contributed by atoms with Gasteiger partial charge in [0.1, 0.15) is 10.3 Å². The van der Waals surface area contributed by atoms with Gasteiger partial charge < -0.3 is 16.4 Å². The number of halogens is 2. The first-order chi connectivity index (χ1) is 16.3. The smallest absolute Gasteiger partial charge is 0.260 e. The van der Waals surface area contributed by atoms with Crippen molar-refractivity contribution in [1.82, 2.24) is 0 Å². The van der Waals surface area contributed by atoms with Gasteiger partial charge in [0, 0.05) is 27.1 Å². The minimum absolute atomic E-state index is 0.127. The third-order valence-electron chi connectivity index (χ3n) is 4.94. The second-order valence-electron chi connectivity index (χ2n) is 7.54. The number of thioether (sulfide) groups is 1. The Morgan fingerprint density at radius 3 is 2.24 bits per heavy atom. The monoisotopic (exact) mass is 510 g/mol. The summed E-state index contributed by atoms with van der Waals surface area (Å²) in [5.41, 5.74) is 9.42. The third-order valence-corrected chi connectivity index (χ3v) is 6.65. The maximum Gasteiger partial charge on any atom is 0.260 e. The molecule has 2 amide bonds. The number of rotatable bonds is 5. The van der Waals surface area contributed by atoms with Crippen molar-refractivity contribution in [2.45, 2.75) is 12.2 Å². The molecule has 1 heterocycles. The van der Waals surface area contributed by atoms with E-state index in [0.717, 1.165) is 17.3 Å². The lowest BCUT2D eigenvalue weighted by Gasteiger charge is -2.11. The number of carbonyl (C=O) groups is 2. The summed E-state index contributed by atoms with van der Waals surface area (Å²) in [6.45, 7) is 1.96. The van der Waals surface area contributed by atoms with Gasteiger partial charge in [-0.3, -0.25) is 9.59 Å². The van der Waals surface area contributed by atoms with Gasteiger partial charge in [-0.2, -0.15) is 0 Å². The fraction of sp³-hybridized carbons (Fsp3) is 0.0800. The molecule has 4 rings (SSSR count). The summed E-state index contributed by atoms with van der Waals surface area (Å²) in [4.78, 5) is 30.8. The molecule has 0 saturated heterocycles. The number of nitrogens with zero attached hydrogens (tertiary/aromatic N) is 1. The van der Waals surface area contributed by atoms with Crippen molar-refractivity contribution in [3.63, 3.8) is 0 Å². The molecule has 0 aromatic heterocycles. The zero-order valence-corrected chi connectivity index (χ0v) is 20.3. The van der Waals surface area contributed by atoms with Gasteiger partial charge in [-0.25, -0.2) is 4.99 Å². The number of anilines is 2. The molecular weight excluding hydrogens is 491 g/mol. The van der Waals surface area contributed by atoms with Gasteiger partial charge in [0.05, 0.1) is 11.3 Å². The summed E-state index contributed by atoms with van der Waals surface area (Å²) in [6.07, 6.45) is 0. The third kappa shape index (κ3) is 5.62. The number of aryl methyl sites for hydroxylation is 1. The summed E-state index contributed by atoms with van der Waals surface area (Å²) in [7, 11) is 0. The van der Waals surface area contributed by atoms with Crippen LogP contribution < -0.4 is 16.4 Å². The van der Waals surface area contributed by atoms with Crippen molar-refractivity contribution >= 4 is 68.9 Å². The minimum Gasteiger partial charge on any atom is -0.400 e. The average Bonchev–Trinajstić information content (AvgIpc) is 3.12. The molecule has 3 aromatic carbocycles. The molecule has 6 nitrogen and oxygen atoms in total. The van der Waals surface area contributed by atoms with Crippen LogP contribution >= 0.6 is 35.0 Å². The van der Waals surface area contributed by atoms with Gasteiger partial charge >= 0.3 is 0 Å². The highest BCUT2D eigenvalue weighted by atomic mass is 35.5. The first-order valence-corrected chi connectivity index (χ1v) is 11.9. The molecule has 1 aliphatic heterocycles. The summed E-state index contributed by atoms with van der Waals surface area (Å²) in [5.74, 6) is -0.821. The Morgan fingerprint density at radius 1 is 0.912 bits per heavy atom. The second kappa shape index (κ2) is 10.3. The molecule has 0 fully saturated rings. The fourth-order valence-electron chi connectivity index (χ4n) is 3.23. The van der Waals surface area contributed by atoms with E-state index in [4.69, 9.17) is 28.9 Å². The van der Waals surface area contributed by atoms with E-state index in [1.807, 2.05) is 31.2 Å². The molecular formula is C25H20Cl2N4O2S. The molecule has 0 bridgehead atoms. The predicted molar refractivity (Wildman–Crippen MR) is 141 cm³/mol. The topological polar surface area (TPSA) is 96.6 Å². The first kappa shape index (κ1) is 23.9. The Hall–Kier alpha value is -3.26. The van der Waals surface area contributed by atoms with Gasteiger partial charge in [0.2, 0.25) is 5.91 Å². The lowest BCUT2D eigenvalue weighted by atomic mass is 10.1. The quantitative estimate of drug-likeness (QED) is 0.395. The molecule has 4 N–H and O–H groups in total. The molecule has 0 aliphatic carbocycles. The minimum atomic E-state index is -0.829. The number of hydrogen-bond acceptors (Lipinski definition) is 5. The van der Waals surface area contributed by atoms with E-state index >= 15 is 0 Å². The van der Waals surface area contributed by atoms with E-state index in [1.165, 1.54) is 0 Å². The maximum absolute atomic E-state index is 13.2. The standard InChI is InChI=1S/C25H20Cl2N4O2S/c1-14-5-9-17(10-6-14)30-24(33)22-21(28)20(23(32)29-18-11-7-15(26)8-12-18)25(34-22)31-19-4-2-3-16(27)13-19/h2-13,22H,28H2,1H3,(H,29,32)(H,30,33). The van der Waals surface area contributed by atoms with Crippen LogP contribution in [0.25, 0.3) is 0 Å². The zero-order chi connectivity index (χ0) is 24.2. The van der Waals surface area contributed by atoms with Crippen LogP contribution in [0.1, 0.15) is 5.56 Å². The zero-order valence-electron chi connectivity index (χ0n) is 18.0. The van der Waals surface area contributed by atoms with E-state index < -0.39 is 11.2 Å². The molecule has 172 valence electrons. The highest BCUT2D eigenvalue weighted by Gasteiger charge is 2.38. The van der Waals surface area contributed by atoms with Gasteiger partial charge in [-0.15, -0.1) is 0 Å². The van der Waals surface area contributed by atoms with Crippen LogP contribution in [-0.4, -0.2) is 22.1 Å². The molecule has 0 saturated carbocycles. The number of amides is 2. The lowest BCUT2D eigenvalue weighted by Crippen LogP contribution is -2.29. The van der Waals surface area contributed by atoms with Crippen molar-refractivity contribution in [2.75, 3.05) is 10.6 Å². The second-order valence-corrected chi connectivity index (χ2v) is 9.51.